The van der Waals surface area contributed by atoms with Crippen molar-refractivity contribution in [3.05, 3.63) is 77.6 Å². The number of hydrogen-bond donors (Lipinski definition) is 4. The Hall–Kier alpha value is -4.98. The van der Waals surface area contributed by atoms with E-state index >= 15 is 0 Å². The maximum Gasteiger partial charge on any atom is 0.363 e. The van der Waals surface area contributed by atoms with Crippen molar-refractivity contribution >= 4 is 38.4 Å². The normalized spacial score (nSPS) is 12.6. The minimum Gasteiger partial charge on any atom is -0.493 e. The van der Waals surface area contributed by atoms with Gasteiger partial charge in [0.05, 0.1) is 36.4 Å². The maximum atomic E-state index is 13.4. The van der Waals surface area contributed by atoms with Crippen LogP contribution in [-0.4, -0.2) is 66.1 Å². The average molecular weight is 715 g/mol. The van der Waals surface area contributed by atoms with Crippen LogP contribution in [0.1, 0.15) is 84.1 Å². The fraction of sp³-hybridized carbons (Fsp3) is 0.382. The summed E-state index contributed by atoms with van der Waals surface area (Å²) in [4.78, 5) is 77.8. The lowest BCUT2D eigenvalue weighted by Gasteiger charge is -2.31. The summed E-state index contributed by atoms with van der Waals surface area (Å²) in [6.07, 6.45) is 3.60. The Kier molecular flexibility index (Phi) is 16.2. The molecule has 0 bridgehead atoms. The third-order valence-corrected chi connectivity index (χ3v) is 7.94. The van der Waals surface area contributed by atoms with Crippen LogP contribution in [0, 0.1) is 5.92 Å². The third-order valence-electron chi connectivity index (χ3n) is 7.55. The van der Waals surface area contributed by atoms with Crippen molar-refractivity contribution in [2.75, 3.05) is 20.0 Å². The highest BCUT2D eigenvalue weighted by Crippen LogP contribution is 2.29. The standard InChI is InChI=1S/C34H43N4O11P/c1-4-7-9-14-25(27(5-2)38(22-39)49-34(43)23-12-10-8-11-13-23)31(40)35-20-36-33(42)29-18-17-28(48-29)24-15-16-26(30(19-24)46-6-3)32(41)37-21-47-50(44)45/h8,10-13,15-19,22,25,27,50H,4-7,9,14,20-21H2,1-3H3,(H,35,40)(H,36,42)(H,37,41)(H,44,45). The minimum absolute atomic E-state index is 0.0451. The summed E-state index contributed by atoms with van der Waals surface area (Å²) in [5.74, 6) is -2.62. The monoisotopic (exact) mass is 714 g/mol. The Balaban J connectivity index is 1.65. The summed E-state index contributed by atoms with van der Waals surface area (Å²) in [5.41, 5.74) is 0.911. The molecule has 4 N–H and O–H groups in total. The maximum absolute atomic E-state index is 13.4. The molecule has 1 heterocycles. The summed E-state index contributed by atoms with van der Waals surface area (Å²) in [6.45, 7) is 5.08. The lowest BCUT2D eigenvalue weighted by molar-refractivity contribution is -0.171. The van der Waals surface area contributed by atoms with Gasteiger partial charge in [0.25, 0.3) is 11.8 Å². The highest BCUT2D eigenvalue weighted by atomic mass is 31.1. The molecule has 0 radical (unpaired) electrons. The first-order valence-electron chi connectivity index (χ1n) is 16.2. The Bertz CT molecular complexity index is 1620. The molecule has 4 amide bonds. The van der Waals surface area contributed by atoms with Gasteiger partial charge < -0.3 is 34.8 Å². The lowest BCUT2D eigenvalue weighted by Crippen LogP contribution is -2.49. The summed E-state index contributed by atoms with van der Waals surface area (Å²) >= 11 is 0. The number of amides is 4. The third kappa shape index (κ3) is 11.6. The van der Waals surface area contributed by atoms with Crippen molar-refractivity contribution in [3.63, 3.8) is 0 Å². The van der Waals surface area contributed by atoms with Crippen LogP contribution in [0.15, 0.2) is 65.1 Å². The minimum atomic E-state index is -3.21. The van der Waals surface area contributed by atoms with Crippen molar-refractivity contribution < 1.29 is 51.9 Å². The van der Waals surface area contributed by atoms with Crippen LogP contribution in [0.25, 0.3) is 11.3 Å². The molecule has 0 aliphatic carbocycles. The number of unbranched alkanes of at least 4 members (excludes halogenated alkanes) is 2. The molecule has 0 saturated heterocycles. The summed E-state index contributed by atoms with van der Waals surface area (Å²) < 4.78 is 26.6. The van der Waals surface area contributed by atoms with Crippen LogP contribution in [0.3, 0.4) is 0 Å². The van der Waals surface area contributed by atoms with Gasteiger partial charge in [-0.2, -0.15) is 5.06 Å². The number of benzene rings is 2. The molecular formula is C34H43N4O11P. The van der Waals surface area contributed by atoms with Gasteiger partial charge in [0.1, 0.15) is 18.2 Å². The highest BCUT2D eigenvalue weighted by molar-refractivity contribution is 7.32. The van der Waals surface area contributed by atoms with E-state index in [9.17, 15) is 28.5 Å². The summed E-state index contributed by atoms with van der Waals surface area (Å²) in [5, 5.41) is 8.55. The number of hydroxylamine groups is 2. The quantitative estimate of drug-likeness (QED) is 0.0399. The summed E-state index contributed by atoms with van der Waals surface area (Å²) in [6, 6.07) is 15.1. The molecule has 0 aliphatic heterocycles. The van der Waals surface area contributed by atoms with Crippen molar-refractivity contribution in [1.29, 1.82) is 0 Å². The molecule has 0 spiro atoms. The molecule has 3 unspecified atom stereocenters. The topological polar surface area (TPSA) is 203 Å². The molecule has 3 rings (SSSR count). The predicted octanol–water partition coefficient (Wildman–Crippen LogP) is 4.44. The number of carbonyl (C=O) groups excluding carboxylic acids is 5. The zero-order valence-electron chi connectivity index (χ0n) is 28.1. The van der Waals surface area contributed by atoms with Crippen LogP contribution >= 0.6 is 8.25 Å². The number of hydrogen-bond acceptors (Lipinski definition) is 10. The molecular weight excluding hydrogens is 671 g/mol. The highest BCUT2D eigenvalue weighted by Gasteiger charge is 2.33. The molecule has 3 aromatic rings. The number of nitrogens with zero attached hydrogens (tertiary/aromatic N) is 1. The first kappa shape index (κ1) is 39.5. The molecule has 15 nitrogen and oxygen atoms in total. The fourth-order valence-corrected chi connectivity index (χ4v) is 5.28. The van der Waals surface area contributed by atoms with Crippen molar-refractivity contribution in [2.45, 2.75) is 58.9 Å². The zero-order valence-corrected chi connectivity index (χ0v) is 29.1. The number of nitrogens with one attached hydrogen (secondary N) is 3. The van der Waals surface area contributed by atoms with Crippen molar-refractivity contribution in [1.82, 2.24) is 21.0 Å². The van der Waals surface area contributed by atoms with Crippen molar-refractivity contribution in [2.24, 2.45) is 5.92 Å². The molecule has 2 aromatic carbocycles. The van der Waals surface area contributed by atoms with Crippen LogP contribution < -0.4 is 20.7 Å². The largest absolute Gasteiger partial charge is 0.493 e. The molecule has 1 aromatic heterocycles. The second-order valence-electron chi connectivity index (χ2n) is 10.9. The number of ether oxygens (including phenoxy) is 1. The van der Waals surface area contributed by atoms with Gasteiger partial charge in [-0.05, 0) is 56.2 Å². The van der Waals surface area contributed by atoms with Crippen LogP contribution in [0.4, 0.5) is 0 Å². The molecule has 50 heavy (non-hydrogen) atoms. The van der Waals surface area contributed by atoms with Crippen LogP contribution in [0.5, 0.6) is 5.75 Å². The number of carbonyl (C=O) groups is 5. The second kappa shape index (κ2) is 20.5. The molecule has 0 aliphatic rings. The van der Waals surface area contributed by atoms with Crippen LogP contribution in [-0.2, 0) is 23.5 Å². The van der Waals surface area contributed by atoms with E-state index in [0.717, 1.165) is 17.9 Å². The van der Waals surface area contributed by atoms with E-state index in [-0.39, 0.29) is 35.9 Å². The van der Waals surface area contributed by atoms with Gasteiger partial charge in [0, 0.05) is 5.56 Å². The van der Waals surface area contributed by atoms with E-state index < -0.39 is 50.6 Å². The van der Waals surface area contributed by atoms with E-state index in [2.05, 4.69) is 20.5 Å². The van der Waals surface area contributed by atoms with Gasteiger partial charge >= 0.3 is 14.2 Å². The Morgan fingerprint density at radius 3 is 2.38 bits per heavy atom. The smallest absolute Gasteiger partial charge is 0.363 e. The van der Waals surface area contributed by atoms with E-state index in [1.54, 1.807) is 62.4 Å². The van der Waals surface area contributed by atoms with Gasteiger partial charge in [-0.1, -0.05) is 57.4 Å². The second-order valence-corrected chi connectivity index (χ2v) is 11.7. The van der Waals surface area contributed by atoms with E-state index in [1.807, 2.05) is 6.92 Å². The molecule has 16 heteroatoms. The number of rotatable bonds is 21. The van der Waals surface area contributed by atoms with Gasteiger partial charge in [0.15, 0.2) is 5.76 Å². The Morgan fingerprint density at radius 2 is 1.72 bits per heavy atom. The van der Waals surface area contributed by atoms with E-state index in [1.165, 1.54) is 12.1 Å². The Labute approximate surface area is 290 Å². The fourth-order valence-electron chi connectivity index (χ4n) is 5.09. The van der Waals surface area contributed by atoms with Gasteiger partial charge in [-0.15, -0.1) is 0 Å². The van der Waals surface area contributed by atoms with Gasteiger partial charge in [-0.25, -0.2) is 4.79 Å². The van der Waals surface area contributed by atoms with Gasteiger partial charge in [-0.3, -0.25) is 28.3 Å². The van der Waals surface area contributed by atoms with Crippen LogP contribution in [0.2, 0.25) is 0 Å². The molecule has 270 valence electrons. The average Bonchev–Trinajstić information content (AvgIpc) is 3.61. The number of furan rings is 1. The lowest BCUT2D eigenvalue weighted by atomic mass is 9.90. The van der Waals surface area contributed by atoms with E-state index in [0.29, 0.717) is 37.0 Å². The molecule has 0 saturated carbocycles. The Morgan fingerprint density at radius 1 is 0.960 bits per heavy atom. The SMILES string of the molecule is CCCCCC(C(=O)NCNC(=O)c1ccc(-c2ccc(C(=O)NCO[PH](=O)O)c(OCC)c2)o1)C(CC)N(C=O)OC(=O)c1ccccc1. The first-order valence-corrected chi connectivity index (χ1v) is 17.5. The predicted molar refractivity (Wildman–Crippen MR) is 182 cm³/mol. The first-order chi connectivity index (χ1) is 24.1. The van der Waals surface area contributed by atoms with E-state index in [4.69, 9.17) is 18.9 Å². The zero-order chi connectivity index (χ0) is 36.5. The van der Waals surface area contributed by atoms with Crippen molar-refractivity contribution in [3.8, 4) is 17.1 Å². The molecule has 0 fully saturated rings. The van der Waals surface area contributed by atoms with Gasteiger partial charge in [0.2, 0.25) is 12.3 Å². The molecule has 3 atom stereocenters. The summed E-state index contributed by atoms with van der Waals surface area (Å²) in [7, 11) is -3.21.